The van der Waals surface area contributed by atoms with Gasteiger partial charge in [0, 0.05) is 13.0 Å². The van der Waals surface area contributed by atoms with Crippen LogP contribution in [0.2, 0.25) is 0 Å². The molecule has 1 aromatic carbocycles. The van der Waals surface area contributed by atoms with Crippen LogP contribution < -0.4 is 10.6 Å². The molecule has 4 heteroatoms. The van der Waals surface area contributed by atoms with Crippen molar-refractivity contribution in [2.45, 2.75) is 26.3 Å². The normalized spacial score (nSPS) is 20.3. The number of carbonyl (C=O) groups is 1. The predicted molar refractivity (Wildman–Crippen MR) is 67.2 cm³/mol. The van der Waals surface area contributed by atoms with Gasteiger partial charge in [-0.25, -0.2) is 4.79 Å². The summed E-state index contributed by atoms with van der Waals surface area (Å²) in [5.74, 6) is 0. The monoisotopic (exact) mass is 234 g/mol. The summed E-state index contributed by atoms with van der Waals surface area (Å²) >= 11 is 0. The van der Waals surface area contributed by atoms with E-state index in [1.807, 2.05) is 32.0 Å². The molecule has 0 spiro atoms. The molecule has 0 saturated carbocycles. The molecule has 1 fully saturated rings. The third-order valence-electron chi connectivity index (χ3n) is 3.13. The molecule has 1 atom stereocenters. The Morgan fingerprint density at radius 2 is 2.24 bits per heavy atom. The van der Waals surface area contributed by atoms with Gasteiger partial charge in [0.1, 0.15) is 0 Å². The van der Waals surface area contributed by atoms with E-state index >= 15 is 0 Å². The van der Waals surface area contributed by atoms with Crippen molar-refractivity contribution in [1.82, 2.24) is 0 Å². The summed E-state index contributed by atoms with van der Waals surface area (Å²) in [5.41, 5.74) is 8.83. The number of hydrogen-bond acceptors (Lipinski definition) is 3. The highest BCUT2D eigenvalue weighted by Gasteiger charge is 2.30. The third-order valence-corrected chi connectivity index (χ3v) is 3.13. The Hall–Kier alpha value is -1.55. The van der Waals surface area contributed by atoms with Crippen LogP contribution in [0.1, 0.15) is 17.5 Å². The Labute approximate surface area is 101 Å². The number of rotatable bonds is 2. The second kappa shape index (κ2) is 4.75. The number of carbonyl (C=O) groups excluding carboxylic acids is 1. The molecule has 0 bridgehead atoms. The summed E-state index contributed by atoms with van der Waals surface area (Å²) in [6, 6.07) is 6.09. The number of benzene rings is 1. The molecule has 4 nitrogen and oxygen atoms in total. The van der Waals surface area contributed by atoms with Crippen LogP contribution in [-0.4, -0.2) is 25.3 Å². The quantitative estimate of drug-likeness (QED) is 0.851. The molecule has 17 heavy (non-hydrogen) atoms. The highest BCUT2D eigenvalue weighted by Crippen LogP contribution is 2.27. The maximum Gasteiger partial charge on any atom is 0.414 e. The lowest BCUT2D eigenvalue weighted by atomic mass is 10.1. The fraction of sp³-hybridized carbons (Fsp3) is 0.462. The van der Waals surface area contributed by atoms with Crippen LogP contribution in [0.15, 0.2) is 18.2 Å². The number of nitrogens with zero attached hydrogens (tertiary/aromatic N) is 1. The highest BCUT2D eigenvalue weighted by atomic mass is 16.6. The Morgan fingerprint density at radius 3 is 2.94 bits per heavy atom. The van der Waals surface area contributed by atoms with Crippen LogP contribution in [0.3, 0.4) is 0 Å². The first-order valence-corrected chi connectivity index (χ1v) is 5.87. The van der Waals surface area contributed by atoms with Crippen LogP contribution in [0.5, 0.6) is 0 Å². The van der Waals surface area contributed by atoms with E-state index in [-0.39, 0.29) is 12.1 Å². The molecule has 0 aromatic heterocycles. The molecule has 0 aliphatic carbocycles. The molecule has 1 unspecified atom stereocenters. The minimum Gasteiger partial charge on any atom is -0.449 e. The number of anilines is 1. The van der Waals surface area contributed by atoms with E-state index in [2.05, 4.69) is 0 Å². The van der Waals surface area contributed by atoms with Gasteiger partial charge in [-0.1, -0.05) is 12.1 Å². The van der Waals surface area contributed by atoms with Crippen LogP contribution in [0.25, 0.3) is 0 Å². The van der Waals surface area contributed by atoms with Crippen LogP contribution in [0, 0.1) is 13.8 Å². The van der Waals surface area contributed by atoms with Crippen molar-refractivity contribution in [2.75, 3.05) is 18.1 Å². The minimum absolute atomic E-state index is 0.0387. The highest BCUT2D eigenvalue weighted by molar-refractivity contribution is 5.90. The van der Waals surface area contributed by atoms with Crippen molar-refractivity contribution in [3.63, 3.8) is 0 Å². The maximum atomic E-state index is 11.9. The lowest BCUT2D eigenvalue weighted by Gasteiger charge is -2.35. The largest absolute Gasteiger partial charge is 0.449 e. The Kier molecular flexibility index (Phi) is 3.33. The molecular formula is C13H18N2O2. The van der Waals surface area contributed by atoms with Crippen molar-refractivity contribution in [3.05, 3.63) is 29.3 Å². The first-order valence-electron chi connectivity index (χ1n) is 5.87. The molecule has 1 aromatic rings. The van der Waals surface area contributed by atoms with E-state index in [0.29, 0.717) is 13.2 Å². The summed E-state index contributed by atoms with van der Waals surface area (Å²) in [4.78, 5) is 13.6. The van der Waals surface area contributed by atoms with Gasteiger partial charge in [0.25, 0.3) is 0 Å². The zero-order valence-corrected chi connectivity index (χ0v) is 10.3. The van der Waals surface area contributed by atoms with Crippen LogP contribution in [-0.2, 0) is 4.74 Å². The van der Waals surface area contributed by atoms with E-state index in [0.717, 1.165) is 23.2 Å². The van der Waals surface area contributed by atoms with Gasteiger partial charge in [-0.15, -0.1) is 0 Å². The summed E-state index contributed by atoms with van der Waals surface area (Å²) in [5, 5.41) is 0. The van der Waals surface area contributed by atoms with Crippen LogP contribution in [0.4, 0.5) is 10.5 Å². The average Bonchev–Trinajstić information content (AvgIpc) is 2.32. The minimum atomic E-state index is -0.291. The van der Waals surface area contributed by atoms with Gasteiger partial charge < -0.3 is 10.5 Å². The van der Waals surface area contributed by atoms with Gasteiger partial charge in [0.2, 0.25) is 0 Å². The zero-order valence-electron chi connectivity index (χ0n) is 10.3. The Morgan fingerprint density at radius 1 is 1.47 bits per heavy atom. The zero-order chi connectivity index (χ0) is 12.4. The van der Waals surface area contributed by atoms with Crippen molar-refractivity contribution >= 4 is 11.8 Å². The molecule has 1 aliphatic heterocycles. The van der Waals surface area contributed by atoms with Gasteiger partial charge in [-0.05, 0) is 31.0 Å². The number of amides is 1. The Balaban J connectivity index is 2.41. The van der Waals surface area contributed by atoms with E-state index in [4.69, 9.17) is 10.5 Å². The average molecular weight is 234 g/mol. The molecule has 2 rings (SSSR count). The first-order chi connectivity index (χ1) is 8.13. The van der Waals surface area contributed by atoms with Crippen LogP contribution >= 0.6 is 0 Å². The van der Waals surface area contributed by atoms with Crippen molar-refractivity contribution in [2.24, 2.45) is 5.73 Å². The van der Waals surface area contributed by atoms with Gasteiger partial charge in [-0.2, -0.15) is 0 Å². The molecule has 2 N–H and O–H groups in total. The van der Waals surface area contributed by atoms with Crippen molar-refractivity contribution in [1.29, 1.82) is 0 Å². The number of hydrogen-bond donors (Lipinski definition) is 1. The standard InChI is InChI=1S/C13H18N2O2/c1-9-3-4-10(2)12(7-9)15-11(8-14)5-6-17-13(15)16/h3-4,7,11H,5-6,8,14H2,1-2H3. The van der Waals surface area contributed by atoms with Gasteiger partial charge in [0.05, 0.1) is 18.3 Å². The van der Waals surface area contributed by atoms with E-state index in [1.54, 1.807) is 4.90 Å². The topological polar surface area (TPSA) is 55.6 Å². The Bertz CT molecular complexity index is 431. The molecule has 1 saturated heterocycles. The number of ether oxygens (including phenoxy) is 1. The lowest BCUT2D eigenvalue weighted by molar-refractivity contribution is 0.130. The molecule has 1 aliphatic rings. The van der Waals surface area contributed by atoms with E-state index in [1.165, 1.54) is 0 Å². The second-order valence-corrected chi connectivity index (χ2v) is 4.45. The number of nitrogens with two attached hydrogens (primary N) is 1. The fourth-order valence-electron chi connectivity index (χ4n) is 2.13. The number of aryl methyl sites for hydroxylation is 2. The maximum absolute atomic E-state index is 11.9. The summed E-state index contributed by atoms with van der Waals surface area (Å²) in [7, 11) is 0. The summed E-state index contributed by atoms with van der Waals surface area (Å²) in [6.07, 6.45) is 0.496. The summed E-state index contributed by atoms with van der Waals surface area (Å²) < 4.78 is 5.10. The lowest BCUT2D eigenvalue weighted by Crippen LogP contribution is -2.49. The second-order valence-electron chi connectivity index (χ2n) is 4.45. The summed E-state index contributed by atoms with van der Waals surface area (Å²) in [6.45, 7) is 4.92. The molecule has 1 amide bonds. The first kappa shape index (κ1) is 11.9. The molecule has 1 heterocycles. The number of cyclic esters (lactones) is 1. The SMILES string of the molecule is Cc1ccc(C)c(N2C(=O)OCCC2CN)c1. The molecular weight excluding hydrogens is 216 g/mol. The smallest absolute Gasteiger partial charge is 0.414 e. The van der Waals surface area contributed by atoms with E-state index < -0.39 is 0 Å². The van der Waals surface area contributed by atoms with Crippen molar-refractivity contribution < 1.29 is 9.53 Å². The molecule has 92 valence electrons. The third kappa shape index (κ3) is 2.26. The van der Waals surface area contributed by atoms with E-state index in [9.17, 15) is 4.79 Å². The van der Waals surface area contributed by atoms with Crippen molar-refractivity contribution in [3.8, 4) is 0 Å². The predicted octanol–water partition coefficient (Wildman–Crippen LogP) is 1.98. The van der Waals surface area contributed by atoms with Gasteiger partial charge >= 0.3 is 6.09 Å². The molecule has 0 radical (unpaired) electrons. The van der Waals surface area contributed by atoms with Gasteiger partial charge in [-0.3, -0.25) is 4.90 Å². The van der Waals surface area contributed by atoms with Gasteiger partial charge in [0.15, 0.2) is 0 Å². The fourth-order valence-corrected chi connectivity index (χ4v) is 2.13.